The quantitative estimate of drug-likeness (QED) is 0.817. The minimum atomic E-state index is -4.82. The second-order valence-electron chi connectivity index (χ2n) is 3.13. The van der Waals surface area contributed by atoms with Gasteiger partial charge >= 0.3 is 6.36 Å². The van der Waals surface area contributed by atoms with Crippen LogP contribution >= 0.6 is 0 Å². The summed E-state index contributed by atoms with van der Waals surface area (Å²) in [6.07, 6.45) is -6.42. The van der Waals surface area contributed by atoms with Crippen molar-refractivity contribution in [2.45, 2.75) is 19.0 Å². The van der Waals surface area contributed by atoms with Crippen LogP contribution in [0, 0.1) is 0 Å². The van der Waals surface area contributed by atoms with Gasteiger partial charge in [-0.2, -0.15) is 0 Å². The maximum atomic E-state index is 13.4. The third kappa shape index (κ3) is 3.69. The van der Waals surface area contributed by atoms with Gasteiger partial charge in [0.05, 0.1) is 0 Å². The number of para-hydroxylation sites is 1. The van der Waals surface area contributed by atoms with Crippen molar-refractivity contribution >= 4 is 0 Å². The first kappa shape index (κ1) is 12.8. The van der Waals surface area contributed by atoms with Crippen molar-refractivity contribution in [2.75, 3.05) is 6.54 Å². The lowest BCUT2D eigenvalue weighted by molar-refractivity contribution is -0.275. The molecule has 0 aliphatic carbocycles. The van der Waals surface area contributed by atoms with Gasteiger partial charge in [-0.25, -0.2) is 4.39 Å². The van der Waals surface area contributed by atoms with Gasteiger partial charge in [-0.1, -0.05) is 18.2 Å². The molecule has 90 valence electrons. The SMILES string of the molecule is NCCC(F)c1ccccc1OC(F)(F)F. The van der Waals surface area contributed by atoms with E-state index in [0.29, 0.717) is 0 Å². The predicted octanol–water partition coefficient (Wildman–Crippen LogP) is 2.94. The van der Waals surface area contributed by atoms with Crippen molar-refractivity contribution in [2.24, 2.45) is 5.73 Å². The van der Waals surface area contributed by atoms with Crippen LogP contribution in [-0.2, 0) is 0 Å². The molecule has 0 saturated heterocycles. The van der Waals surface area contributed by atoms with Gasteiger partial charge in [0.1, 0.15) is 11.9 Å². The Hall–Kier alpha value is -1.30. The topological polar surface area (TPSA) is 35.2 Å². The zero-order valence-corrected chi connectivity index (χ0v) is 8.30. The zero-order chi connectivity index (χ0) is 12.2. The fourth-order valence-electron chi connectivity index (χ4n) is 1.26. The van der Waals surface area contributed by atoms with Crippen LogP contribution in [0.25, 0.3) is 0 Å². The summed E-state index contributed by atoms with van der Waals surface area (Å²) >= 11 is 0. The maximum absolute atomic E-state index is 13.4. The van der Waals surface area contributed by atoms with Gasteiger partial charge in [0.2, 0.25) is 0 Å². The molecular formula is C10H11F4NO. The number of hydrogen-bond acceptors (Lipinski definition) is 2. The number of benzene rings is 1. The third-order valence-electron chi connectivity index (χ3n) is 1.90. The Kier molecular flexibility index (Phi) is 4.12. The van der Waals surface area contributed by atoms with Crippen LogP contribution in [0.2, 0.25) is 0 Å². The predicted molar refractivity (Wildman–Crippen MR) is 50.6 cm³/mol. The molecule has 0 aromatic heterocycles. The molecule has 1 unspecified atom stereocenters. The van der Waals surface area contributed by atoms with Crippen molar-refractivity contribution in [3.63, 3.8) is 0 Å². The van der Waals surface area contributed by atoms with E-state index in [1.165, 1.54) is 18.2 Å². The summed E-state index contributed by atoms with van der Waals surface area (Å²) in [7, 11) is 0. The molecule has 16 heavy (non-hydrogen) atoms. The molecule has 1 aromatic carbocycles. The molecule has 0 radical (unpaired) electrons. The molecule has 1 aromatic rings. The van der Waals surface area contributed by atoms with Crippen LogP contribution in [0.1, 0.15) is 18.2 Å². The first-order valence-electron chi connectivity index (χ1n) is 4.63. The first-order valence-corrected chi connectivity index (χ1v) is 4.63. The number of nitrogens with two attached hydrogens (primary N) is 1. The summed E-state index contributed by atoms with van der Waals surface area (Å²) in [5.74, 6) is -0.518. The standard InChI is InChI=1S/C10H11F4NO/c11-8(5-6-15)7-3-1-2-4-9(7)16-10(12,13)14/h1-4,8H,5-6,15H2. The lowest BCUT2D eigenvalue weighted by Gasteiger charge is -2.15. The molecule has 6 heteroatoms. The van der Waals surface area contributed by atoms with Gasteiger partial charge in [0.15, 0.2) is 0 Å². The zero-order valence-electron chi connectivity index (χ0n) is 8.30. The van der Waals surface area contributed by atoms with Gasteiger partial charge < -0.3 is 10.5 Å². The Morgan fingerprint density at radius 2 is 1.88 bits per heavy atom. The van der Waals surface area contributed by atoms with E-state index in [2.05, 4.69) is 4.74 Å². The average Bonchev–Trinajstić information content (AvgIpc) is 2.16. The van der Waals surface area contributed by atoms with E-state index in [0.717, 1.165) is 6.07 Å². The second-order valence-corrected chi connectivity index (χ2v) is 3.13. The molecule has 0 aliphatic heterocycles. The average molecular weight is 237 g/mol. The van der Waals surface area contributed by atoms with Crippen molar-refractivity contribution in [3.05, 3.63) is 29.8 Å². The molecule has 1 rings (SSSR count). The van der Waals surface area contributed by atoms with Crippen molar-refractivity contribution in [3.8, 4) is 5.75 Å². The summed E-state index contributed by atoms with van der Waals surface area (Å²) in [6.45, 7) is 0.0571. The summed E-state index contributed by atoms with van der Waals surface area (Å²) in [6, 6.07) is 5.12. The van der Waals surface area contributed by atoms with E-state index in [1.807, 2.05) is 0 Å². The van der Waals surface area contributed by atoms with E-state index in [9.17, 15) is 17.6 Å². The maximum Gasteiger partial charge on any atom is 0.573 e. The molecule has 1 atom stereocenters. The molecule has 2 N–H and O–H groups in total. The highest BCUT2D eigenvalue weighted by atomic mass is 19.4. The Morgan fingerprint density at radius 1 is 1.25 bits per heavy atom. The van der Waals surface area contributed by atoms with E-state index in [4.69, 9.17) is 5.73 Å². The van der Waals surface area contributed by atoms with Crippen molar-refractivity contribution in [1.29, 1.82) is 0 Å². The monoisotopic (exact) mass is 237 g/mol. The minimum Gasteiger partial charge on any atom is -0.405 e. The van der Waals surface area contributed by atoms with Crippen LogP contribution < -0.4 is 10.5 Å². The molecule has 0 fully saturated rings. The summed E-state index contributed by atoms with van der Waals surface area (Å²) in [5.41, 5.74) is 5.01. The van der Waals surface area contributed by atoms with Crippen LogP contribution in [0.3, 0.4) is 0 Å². The van der Waals surface area contributed by atoms with Crippen LogP contribution in [-0.4, -0.2) is 12.9 Å². The highest BCUT2D eigenvalue weighted by molar-refractivity contribution is 5.35. The molecule has 2 nitrogen and oxygen atoms in total. The molecule has 0 aliphatic rings. The molecule has 0 amide bonds. The van der Waals surface area contributed by atoms with Crippen LogP contribution in [0.5, 0.6) is 5.75 Å². The fourth-order valence-corrected chi connectivity index (χ4v) is 1.26. The Morgan fingerprint density at radius 3 is 2.44 bits per heavy atom. The third-order valence-corrected chi connectivity index (χ3v) is 1.90. The Labute approximate surface area is 90.0 Å². The first-order chi connectivity index (χ1) is 7.44. The molecular weight excluding hydrogens is 226 g/mol. The van der Waals surface area contributed by atoms with E-state index in [-0.39, 0.29) is 18.5 Å². The summed E-state index contributed by atoms with van der Waals surface area (Å²) in [5, 5.41) is 0. The molecule has 0 saturated carbocycles. The van der Waals surface area contributed by atoms with Crippen molar-refractivity contribution < 1.29 is 22.3 Å². The van der Waals surface area contributed by atoms with E-state index in [1.54, 1.807) is 0 Å². The highest BCUT2D eigenvalue weighted by Gasteiger charge is 2.32. The van der Waals surface area contributed by atoms with E-state index >= 15 is 0 Å². The second kappa shape index (κ2) is 5.16. The van der Waals surface area contributed by atoms with Gasteiger partial charge in [0, 0.05) is 5.56 Å². The normalized spacial score (nSPS) is 13.6. The van der Waals surface area contributed by atoms with Crippen molar-refractivity contribution in [1.82, 2.24) is 0 Å². The van der Waals surface area contributed by atoms with Gasteiger partial charge in [0.25, 0.3) is 0 Å². The van der Waals surface area contributed by atoms with E-state index < -0.39 is 18.3 Å². The molecule has 0 bridgehead atoms. The fraction of sp³-hybridized carbons (Fsp3) is 0.400. The molecule has 0 heterocycles. The van der Waals surface area contributed by atoms with Gasteiger partial charge in [-0.15, -0.1) is 13.2 Å². The van der Waals surface area contributed by atoms with Crippen LogP contribution in [0.15, 0.2) is 24.3 Å². The number of rotatable bonds is 4. The van der Waals surface area contributed by atoms with Gasteiger partial charge in [-0.3, -0.25) is 0 Å². The Bertz CT molecular complexity index is 340. The summed E-state index contributed by atoms with van der Waals surface area (Å²) in [4.78, 5) is 0. The largest absolute Gasteiger partial charge is 0.573 e. The lowest BCUT2D eigenvalue weighted by Crippen LogP contribution is -2.18. The molecule has 0 spiro atoms. The smallest absolute Gasteiger partial charge is 0.405 e. The van der Waals surface area contributed by atoms with Gasteiger partial charge in [-0.05, 0) is 19.0 Å². The lowest BCUT2D eigenvalue weighted by atomic mass is 10.1. The number of hydrogen-bond donors (Lipinski definition) is 1. The number of ether oxygens (including phenoxy) is 1. The minimum absolute atomic E-state index is 0.0434. The summed E-state index contributed by atoms with van der Waals surface area (Å²) < 4.78 is 53.2. The van der Waals surface area contributed by atoms with Crippen LogP contribution in [0.4, 0.5) is 17.6 Å². The highest BCUT2D eigenvalue weighted by Crippen LogP contribution is 2.33. The number of alkyl halides is 4. The Balaban J connectivity index is 2.91. The number of halogens is 4.